The molecule has 1 amide bonds. The van der Waals surface area contributed by atoms with Crippen molar-refractivity contribution < 1.29 is 27.9 Å². The zero-order valence-electron chi connectivity index (χ0n) is 10.0. The Morgan fingerprint density at radius 2 is 1.94 bits per heavy atom. The van der Waals surface area contributed by atoms with Crippen molar-refractivity contribution in [2.45, 2.75) is 32.4 Å². The Labute approximate surface area is 103 Å². The van der Waals surface area contributed by atoms with E-state index >= 15 is 0 Å². The highest BCUT2D eigenvalue weighted by Gasteiger charge is 2.50. The van der Waals surface area contributed by atoms with Crippen LogP contribution in [0.25, 0.3) is 0 Å². The minimum Gasteiger partial charge on any atom is -0.481 e. The second kappa shape index (κ2) is 5.58. The average Bonchev–Trinajstić information content (AvgIpc) is 3.01. The lowest BCUT2D eigenvalue weighted by molar-refractivity contribution is -0.162. The van der Waals surface area contributed by atoms with Crippen molar-refractivity contribution in [1.82, 2.24) is 4.90 Å². The quantitative estimate of drug-likeness (QED) is 0.799. The summed E-state index contributed by atoms with van der Waals surface area (Å²) in [5, 5.41) is 8.67. The van der Waals surface area contributed by atoms with Crippen LogP contribution in [-0.2, 0) is 9.59 Å². The highest BCUT2D eigenvalue weighted by Crippen LogP contribution is 2.40. The second-order valence-electron chi connectivity index (χ2n) is 4.52. The minimum absolute atomic E-state index is 0.0255. The molecule has 1 aliphatic rings. The number of aliphatic carboxylic acids is 1. The Hall–Kier alpha value is -1.27. The van der Waals surface area contributed by atoms with E-state index in [1.807, 2.05) is 6.92 Å². The lowest BCUT2D eigenvalue weighted by atomic mass is 10.2. The van der Waals surface area contributed by atoms with Gasteiger partial charge in [0.15, 0.2) is 0 Å². The van der Waals surface area contributed by atoms with E-state index in [1.165, 1.54) is 0 Å². The van der Waals surface area contributed by atoms with Gasteiger partial charge in [-0.3, -0.25) is 9.59 Å². The number of rotatable bonds is 6. The number of hydrogen-bond donors (Lipinski definition) is 1. The second-order valence-corrected chi connectivity index (χ2v) is 4.52. The standard InChI is InChI=1S/C11H16F3NO3/c1-2-3-4-15(6-11(12,13)14)9(16)7-5-8(7)10(17)18/h7-8H,2-6H2,1H3,(H,17,18)/t7-,8-/m0/s1. The van der Waals surface area contributed by atoms with E-state index in [2.05, 4.69) is 0 Å². The summed E-state index contributed by atoms with van der Waals surface area (Å²) in [7, 11) is 0. The Balaban J connectivity index is 2.60. The van der Waals surface area contributed by atoms with E-state index in [-0.39, 0.29) is 13.0 Å². The van der Waals surface area contributed by atoms with Crippen molar-refractivity contribution in [3.8, 4) is 0 Å². The summed E-state index contributed by atoms with van der Waals surface area (Å²) in [4.78, 5) is 23.1. The largest absolute Gasteiger partial charge is 0.481 e. The predicted octanol–water partition coefficient (Wildman–Crippen LogP) is 1.90. The summed E-state index contributed by atoms with van der Waals surface area (Å²) in [5.74, 6) is -3.39. The number of nitrogens with zero attached hydrogens (tertiary/aromatic N) is 1. The molecule has 1 saturated carbocycles. The van der Waals surface area contributed by atoms with Crippen molar-refractivity contribution in [2.75, 3.05) is 13.1 Å². The third-order valence-electron chi connectivity index (χ3n) is 2.89. The van der Waals surface area contributed by atoms with Crippen LogP contribution in [0, 0.1) is 11.8 Å². The molecule has 1 fully saturated rings. The van der Waals surface area contributed by atoms with Gasteiger partial charge in [-0.25, -0.2) is 0 Å². The molecule has 0 aromatic heterocycles. The summed E-state index contributed by atoms with van der Waals surface area (Å²) in [6.07, 6.45) is -3.15. The highest BCUT2D eigenvalue weighted by atomic mass is 19.4. The summed E-state index contributed by atoms with van der Waals surface area (Å²) in [6, 6.07) is 0. The number of alkyl halides is 3. The fourth-order valence-electron chi connectivity index (χ4n) is 1.81. The molecule has 0 unspecified atom stereocenters. The van der Waals surface area contributed by atoms with Gasteiger partial charge in [-0.15, -0.1) is 0 Å². The Morgan fingerprint density at radius 1 is 1.33 bits per heavy atom. The molecule has 18 heavy (non-hydrogen) atoms. The summed E-state index contributed by atoms with van der Waals surface area (Å²) in [6.45, 7) is 0.541. The normalized spacial score (nSPS) is 22.7. The Kier molecular flexibility index (Phi) is 4.59. The molecule has 1 N–H and O–H groups in total. The molecule has 0 spiro atoms. The molecule has 1 aliphatic carbocycles. The first-order valence-corrected chi connectivity index (χ1v) is 5.84. The van der Waals surface area contributed by atoms with Crippen LogP contribution in [-0.4, -0.2) is 41.1 Å². The van der Waals surface area contributed by atoms with Gasteiger partial charge in [0.2, 0.25) is 5.91 Å². The van der Waals surface area contributed by atoms with Crippen molar-refractivity contribution >= 4 is 11.9 Å². The molecule has 2 atom stereocenters. The van der Waals surface area contributed by atoms with Gasteiger partial charge in [-0.2, -0.15) is 13.2 Å². The fraction of sp³-hybridized carbons (Fsp3) is 0.818. The zero-order valence-corrected chi connectivity index (χ0v) is 10.0. The van der Waals surface area contributed by atoms with E-state index < -0.39 is 36.4 Å². The van der Waals surface area contributed by atoms with Gasteiger partial charge in [0.25, 0.3) is 0 Å². The van der Waals surface area contributed by atoms with Gasteiger partial charge in [-0.1, -0.05) is 13.3 Å². The van der Waals surface area contributed by atoms with Gasteiger partial charge in [0.1, 0.15) is 6.54 Å². The van der Waals surface area contributed by atoms with E-state index in [9.17, 15) is 22.8 Å². The minimum atomic E-state index is -4.45. The molecule has 0 aromatic rings. The maximum atomic E-state index is 12.3. The number of hydrogen-bond acceptors (Lipinski definition) is 2. The molecule has 0 bridgehead atoms. The predicted molar refractivity (Wildman–Crippen MR) is 56.8 cm³/mol. The number of halogens is 3. The van der Waals surface area contributed by atoms with Crippen molar-refractivity contribution in [3.63, 3.8) is 0 Å². The van der Waals surface area contributed by atoms with E-state index in [1.54, 1.807) is 0 Å². The van der Waals surface area contributed by atoms with Crippen molar-refractivity contribution in [1.29, 1.82) is 0 Å². The molecule has 7 heteroatoms. The van der Waals surface area contributed by atoms with Crippen LogP contribution in [0.4, 0.5) is 13.2 Å². The Bertz CT molecular complexity index is 330. The van der Waals surface area contributed by atoms with Crippen LogP contribution in [0.2, 0.25) is 0 Å². The number of amides is 1. The van der Waals surface area contributed by atoms with Gasteiger partial charge in [0.05, 0.1) is 11.8 Å². The van der Waals surface area contributed by atoms with Crippen LogP contribution in [0.5, 0.6) is 0 Å². The molecule has 0 radical (unpaired) electrons. The van der Waals surface area contributed by atoms with Crippen molar-refractivity contribution in [3.05, 3.63) is 0 Å². The third kappa shape index (κ3) is 4.19. The first kappa shape index (κ1) is 14.8. The Morgan fingerprint density at radius 3 is 2.33 bits per heavy atom. The average molecular weight is 267 g/mol. The monoisotopic (exact) mass is 267 g/mol. The molecule has 0 heterocycles. The maximum absolute atomic E-state index is 12.3. The van der Waals surface area contributed by atoms with Gasteiger partial charge < -0.3 is 10.0 Å². The maximum Gasteiger partial charge on any atom is 0.406 e. The van der Waals surface area contributed by atoms with Crippen LogP contribution >= 0.6 is 0 Å². The SMILES string of the molecule is CCCCN(CC(F)(F)F)C(=O)[C@H]1C[C@@H]1C(=O)O. The van der Waals surface area contributed by atoms with Crippen LogP contribution in [0.1, 0.15) is 26.2 Å². The molecule has 104 valence electrons. The van der Waals surface area contributed by atoms with Crippen LogP contribution in [0.3, 0.4) is 0 Å². The third-order valence-corrected chi connectivity index (χ3v) is 2.89. The zero-order chi connectivity index (χ0) is 13.9. The molecule has 1 rings (SSSR count). The van der Waals surface area contributed by atoms with Crippen molar-refractivity contribution in [2.24, 2.45) is 11.8 Å². The molecule has 4 nitrogen and oxygen atoms in total. The number of carbonyl (C=O) groups excluding carboxylic acids is 1. The van der Waals surface area contributed by atoms with Crippen LogP contribution in [0.15, 0.2) is 0 Å². The highest BCUT2D eigenvalue weighted by molar-refractivity contribution is 5.89. The molecular formula is C11H16F3NO3. The topological polar surface area (TPSA) is 57.6 Å². The lowest BCUT2D eigenvalue weighted by Crippen LogP contribution is -2.40. The molecular weight excluding hydrogens is 251 g/mol. The molecule has 0 saturated heterocycles. The van der Waals surface area contributed by atoms with E-state index in [0.29, 0.717) is 12.8 Å². The fourth-order valence-corrected chi connectivity index (χ4v) is 1.81. The summed E-state index contributed by atoms with van der Waals surface area (Å²) >= 11 is 0. The number of carboxylic acid groups (broad SMARTS) is 1. The van der Waals surface area contributed by atoms with Gasteiger partial charge >= 0.3 is 12.1 Å². The summed E-state index contributed by atoms with van der Waals surface area (Å²) in [5.41, 5.74) is 0. The number of unbranched alkanes of at least 4 members (excludes halogenated alkanes) is 1. The van der Waals surface area contributed by atoms with E-state index in [4.69, 9.17) is 5.11 Å². The molecule has 0 aromatic carbocycles. The lowest BCUT2D eigenvalue weighted by Gasteiger charge is -2.23. The van der Waals surface area contributed by atoms with Crippen LogP contribution < -0.4 is 0 Å². The number of carboxylic acids is 1. The van der Waals surface area contributed by atoms with Gasteiger partial charge in [-0.05, 0) is 12.8 Å². The first-order chi connectivity index (χ1) is 8.26. The smallest absolute Gasteiger partial charge is 0.406 e. The first-order valence-electron chi connectivity index (χ1n) is 5.84. The van der Waals surface area contributed by atoms with Gasteiger partial charge in [0, 0.05) is 6.54 Å². The molecule has 0 aliphatic heterocycles. The number of carbonyl (C=O) groups is 2. The van der Waals surface area contributed by atoms with E-state index in [0.717, 1.165) is 4.90 Å². The summed E-state index contributed by atoms with van der Waals surface area (Å²) < 4.78 is 37.0.